The molecule has 0 aromatic carbocycles. The summed E-state index contributed by atoms with van der Waals surface area (Å²) in [4.78, 5) is 6.47. The number of hydrogen-bond donors (Lipinski definition) is 1. The van der Waals surface area contributed by atoms with E-state index in [9.17, 15) is 8.42 Å². The van der Waals surface area contributed by atoms with Crippen molar-refractivity contribution >= 4 is 10.0 Å². The molecule has 0 spiro atoms. The molecular formula is C16H23N3O3S. The van der Waals surface area contributed by atoms with Crippen LogP contribution in [0.25, 0.3) is 0 Å². The lowest BCUT2D eigenvalue weighted by Gasteiger charge is -2.27. The van der Waals surface area contributed by atoms with Gasteiger partial charge >= 0.3 is 0 Å². The van der Waals surface area contributed by atoms with Crippen LogP contribution in [0.5, 0.6) is 0 Å². The minimum atomic E-state index is -3.13. The average molecular weight is 337 g/mol. The smallest absolute Gasteiger partial charge is 0.214 e. The third kappa shape index (κ3) is 3.15. The summed E-state index contributed by atoms with van der Waals surface area (Å²) in [6, 6.07) is 4.07. The predicted octanol–water partition coefficient (Wildman–Crippen LogP) is 0.612. The Balaban J connectivity index is 1.42. The zero-order valence-corrected chi connectivity index (χ0v) is 14.0. The second-order valence-electron chi connectivity index (χ2n) is 7.16. The Morgan fingerprint density at radius 2 is 2.13 bits per heavy atom. The van der Waals surface area contributed by atoms with Crippen molar-refractivity contribution < 1.29 is 13.2 Å². The predicted molar refractivity (Wildman–Crippen MR) is 86.2 cm³/mol. The van der Waals surface area contributed by atoms with Crippen molar-refractivity contribution in [2.45, 2.75) is 24.6 Å². The summed E-state index contributed by atoms with van der Waals surface area (Å²) in [6.45, 7) is 4.62. The zero-order chi connectivity index (χ0) is 15.9. The fourth-order valence-corrected chi connectivity index (χ4v) is 5.28. The monoisotopic (exact) mass is 337 g/mol. The fraction of sp³-hybridized carbons (Fsp3) is 0.688. The van der Waals surface area contributed by atoms with Crippen molar-refractivity contribution in [1.29, 1.82) is 0 Å². The largest absolute Gasteiger partial charge is 0.380 e. The van der Waals surface area contributed by atoms with Crippen LogP contribution in [0.2, 0.25) is 0 Å². The molecule has 1 aromatic heterocycles. The van der Waals surface area contributed by atoms with Gasteiger partial charge in [-0.15, -0.1) is 0 Å². The van der Waals surface area contributed by atoms with Crippen molar-refractivity contribution in [1.82, 2.24) is 14.6 Å². The van der Waals surface area contributed by atoms with Crippen LogP contribution < -0.4 is 4.72 Å². The van der Waals surface area contributed by atoms with E-state index in [-0.39, 0.29) is 10.7 Å². The third-order valence-corrected chi connectivity index (χ3v) is 7.23. The van der Waals surface area contributed by atoms with Gasteiger partial charge in [-0.3, -0.25) is 9.88 Å². The van der Waals surface area contributed by atoms with Crippen LogP contribution in [0.15, 0.2) is 24.5 Å². The summed E-state index contributed by atoms with van der Waals surface area (Å²) >= 11 is 0. The second-order valence-corrected chi connectivity index (χ2v) is 9.21. The Morgan fingerprint density at radius 1 is 1.35 bits per heavy atom. The van der Waals surface area contributed by atoms with E-state index < -0.39 is 10.0 Å². The van der Waals surface area contributed by atoms with Gasteiger partial charge < -0.3 is 4.74 Å². The van der Waals surface area contributed by atoms with Crippen LogP contribution >= 0.6 is 0 Å². The number of nitrogens with one attached hydrogen (secondary N) is 1. The van der Waals surface area contributed by atoms with Crippen molar-refractivity contribution in [2.75, 3.05) is 32.8 Å². The first-order chi connectivity index (χ1) is 11.1. The highest BCUT2D eigenvalue weighted by Gasteiger charge is 2.51. The Bertz CT molecular complexity index is 662. The quantitative estimate of drug-likeness (QED) is 0.824. The van der Waals surface area contributed by atoms with Gasteiger partial charge in [0.2, 0.25) is 10.0 Å². The highest BCUT2D eigenvalue weighted by molar-refractivity contribution is 7.90. The van der Waals surface area contributed by atoms with E-state index in [1.54, 1.807) is 0 Å². The van der Waals surface area contributed by atoms with Crippen molar-refractivity contribution in [3.8, 4) is 0 Å². The molecule has 7 heteroatoms. The lowest BCUT2D eigenvalue weighted by molar-refractivity contribution is 0.128. The van der Waals surface area contributed by atoms with Gasteiger partial charge in [-0.05, 0) is 30.5 Å². The molecule has 2 aliphatic heterocycles. The minimum Gasteiger partial charge on any atom is -0.380 e. The Hall–Kier alpha value is -1.02. The standard InChI is InChI=1S/C16H23N3O3S/c20-23(21,15-1-2-15)18-10-16-11-19(8-14(16)9-22-12-16)7-13-3-5-17-6-4-13/h3-6,14-15,18H,1-2,7-12H2/t14-,16+/m1/s1. The van der Waals surface area contributed by atoms with E-state index in [4.69, 9.17) is 4.74 Å². The van der Waals surface area contributed by atoms with E-state index in [0.29, 0.717) is 19.1 Å². The molecule has 2 saturated heterocycles. The Labute approximate surface area is 137 Å². The van der Waals surface area contributed by atoms with Crippen LogP contribution in [0.4, 0.5) is 0 Å². The highest BCUT2D eigenvalue weighted by Crippen LogP contribution is 2.41. The topological polar surface area (TPSA) is 71.5 Å². The Morgan fingerprint density at radius 3 is 2.87 bits per heavy atom. The van der Waals surface area contributed by atoms with Gasteiger partial charge in [0.1, 0.15) is 0 Å². The number of fused-ring (bicyclic) bond motifs is 1. The van der Waals surface area contributed by atoms with E-state index in [1.165, 1.54) is 5.56 Å². The molecule has 2 atom stereocenters. The molecule has 126 valence electrons. The molecule has 1 N–H and O–H groups in total. The number of likely N-dealkylation sites (tertiary alicyclic amines) is 1. The molecule has 0 unspecified atom stereocenters. The molecule has 1 saturated carbocycles. The lowest BCUT2D eigenvalue weighted by Crippen LogP contribution is -2.43. The van der Waals surface area contributed by atoms with Crippen LogP contribution in [0.3, 0.4) is 0 Å². The maximum Gasteiger partial charge on any atom is 0.214 e. The molecule has 6 nitrogen and oxygen atoms in total. The Kier molecular flexibility index (Phi) is 3.91. The molecule has 3 aliphatic rings. The van der Waals surface area contributed by atoms with E-state index in [2.05, 4.69) is 14.6 Å². The molecule has 23 heavy (non-hydrogen) atoms. The zero-order valence-electron chi connectivity index (χ0n) is 13.1. The van der Waals surface area contributed by atoms with Gasteiger partial charge in [-0.25, -0.2) is 13.1 Å². The van der Waals surface area contributed by atoms with Crippen LogP contribution in [-0.4, -0.2) is 56.4 Å². The normalized spacial score (nSPS) is 31.4. The number of pyridine rings is 1. The molecular weight excluding hydrogens is 314 g/mol. The number of aromatic nitrogens is 1. The van der Waals surface area contributed by atoms with E-state index >= 15 is 0 Å². The fourth-order valence-electron chi connectivity index (χ4n) is 3.80. The first-order valence-electron chi connectivity index (χ1n) is 8.25. The highest BCUT2D eigenvalue weighted by atomic mass is 32.2. The van der Waals surface area contributed by atoms with Gasteiger partial charge in [0.05, 0.1) is 18.5 Å². The number of hydrogen-bond acceptors (Lipinski definition) is 5. The molecule has 0 radical (unpaired) electrons. The lowest BCUT2D eigenvalue weighted by atomic mass is 9.81. The molecule has 3 fully saturated rings. The SMILES string of the molecule is O=S(=O)(NC[C@]12COC[C@H]1CN(Cc1ccncc1)C2)C1CC1. The number of sulfonamides is 1. The van der Waals surface area contributed by atoms with Crippen molar-refractivity contribution in [2.24, 2.45) is 11.3 Å². The average Bonchev–Trinajstić information content (AvgIpc) is 3.24. The molecule has 4 rings (SSSR count). The van der Waals surface area contributed by atoms with Crippen molar-refractivity contribution in [3.05, 3.63) is 30.1 Å². The van der Waals surface area contributed by atoms with Crippen LogP contribution in [0, 0.1) is 11.3 Å². The maximum atomic E-state index is 12.1. The summed E-state index contributed by atoms with van der Waals surface area (Å²) in [5, 5.41) is -0.158. The molecule has 1 aliphatic carbocycles. The van der Waals surface area contributed by atoms with Gasteiger partial charge in [0.25, 0.3) is 0 Å². The number of nitrogens with zero attached hydrogens (tertiary/aromatic N) is 2. The van der Waals surface area contributed by atoms with Crippen molar-refractivity contribution in [3.63, 3.8) is 0 Å². The number of ether oxygens (including phenoxy) is 1. The van der Waals surface area contributed by atoms with E-state index in [0.717, 1.165) is 39.1 Å². The summed E-state index contributed by atoms with van der Waals surface area (Å²) in [5.41, 5.74) is 1.17. The van der Waals surface area contributed by atoms with Gasteiger partial charge in [-0.1, -0.05) is 0 Å². The van der Waals surface area contributed by atoms with Crippen LogP contribution in [-0.2, 0) is 21.3 Å². The third-order valence-electron chi connectivity index (χ3n) is 5.34. The van der Waals surface area contributed by atoms with Gasteiger partial charge in [-0.2, -0.15) is 0 Å². The number of rotatable bonds is 6. The first kappa shape index (κ1) is 15.5. The summed E-state index contributed by atoms with van der Waals surface area (Å²) in [6.07, 6.45) is 5.23. The molecule has 0 amide bonds. The summed E-state index contributed by atoms with van der Waals surface area (Å²) < 4.78 is 32.8. The molecule has 0 bridgehead atoms. The minimum absolute atomic E-state index is 0.0744. The first-order valence-corrected chi connectivity index (χ1v) is 9.80. The van der Waals surface area contributed by atoms with Gasteiger partial charge in [0.15, 0.2) is 0 Å². The van der Waals surface area contributed by atoms with Crippen LogP contribution in [0.1, 0.15) is 18.4 Å². The maximum absolute atomic E-state index is 12.1. The summed E-state index contributed by atoms with van der Waals surface area (Å²) in [5.74, 6) is 0.409. The van der Waals surface area contributed by atoms with Gasteiger partial charge in [0, 0.05) is 49.9 Å². The van der Waals surface area contributed by atoms with E-state index in [1.807, 2.05) is 24.5 Å². The molecule has 1 aromatic rings. The summed E-state index contributed by atoms with van der Waals surface area (Å²) in [7, 11) is -3.13. The molecule has 3 heterocycles. The second kappa shape index (κ2) is 5.81.